The first-order chi connectivity index (χ1) is 30.2. The fourth-order valence-corrected chi connectivity index (χ4v) is 14.2. The number of ether oxygens (including phenoxy) is 3. The van der Waals surface area contributed by atoms with E-state index in [2.05, 4.69) is 91.4 Å². The van der Waals surface area contributed by atoms with E-state index in [9.17, 15) is 24.0 Å². The lowest BCUT2D eigenvalue weighted by Crippen LogP contribution is -2.50. The lowest BCUT2D eigenvalue weighted by molar-refractivity contribution is -0.134. The van der Waals surface area contributed by atoms with Crippen LogP contribution in [0.2, 0.25) is 34.8 Å². The number of carbonyl (C=O) groups is 5. The fourth-order valence-electron chi connectivity index (χ4n) is 7.89. The number of hydrogen-bond donors (Lipinski definition) is 4. The normalized spacial score (nSPS) is 15.5. The topological polar surface area (TPSA) is 197 Å². The maximum Gasteiger partial charge on any atom is 0.411 e. The van der Waals surface area contributed by atoms with Gasteiger partial charge in [-0.1, -0.05) is 100 Å². The summed E-state index contributed by atoms with van der Waals surface area (Å²) < 4.78 is 30.3. The molecule has 5 N–H and O–H groups in total. The number of nitrogens with one attached hydrogen (secondary N) is 3. The van der Waals surface area contributed by atoms with Crippen molar-refractivity contribution >= 4 is 57.9 Å². The summed E-state index contributed by atoms with van der Waals surface area (Å²) in [7, 11) is -3.16. The monoisotopic (exact) mass is 938 g/mol. The molecule has 17 heteroatoms. The van der Waals surface area contributed by atoms with Gasteiger partial charge in [0, 0.05) is 18.0 Å². The SMILES string of the molecule is C/C=C/C1=CN(C(=O)c2cc(OC)c(O[Si](C(C)C)(C(C)C)C(C)C)cc2NC(=O)OCc2ccc(NC(=O)C(C)NC(=O)C(OC(N)=O)C(C)C)cc2)C(CO[Si](C)(C)C(C)(C)C)C1. The van der Waals surface area contributed by atoms with Crippen LogP contribution >= 0.6 is 0 Å². The minimum absolute atomic E-state index is 0.0259. The highest BCUT2D eigenvalue weighted by atomic mass is 28.4. The number of hydrogen-bond acceptors (Lipinski definition) is 10. The molecule has 1 aliphatic rings. The lowest BCUT2D eigenvalue weighted by Gasteiger charge is -2.42. The summed E-state index contributed by atoms with van der Waals surface area (Å²) in [5, 5.41) is 8.10. The summed E-state index contributed by atoms with van der Waals surface area (Å²) in [6.07, 6.45) is 3.33. The van der Waals surface area contributed by atoms with Crippen molar-refractivity contribution < 1.29 is 47.0 Å². The molecule has 3 atom stereocenters. The zero-order valence-electron chi connectivity index (χ0n) is 41.5. The number of carbonyl (C=O) groups excluding carboxylic acids is 5. The van der Waals surface area contributed by atoms with E-state index >= 15 is 0 Å². The Balaban J connectivity index is 1.93. The number of nitrogens with zero attached hydrogens (tertiary/aromatic N) is 1. The Morgan fingerprint density at radius 2 is 1.48 bits per heavy atom. The fraction of sp³-hybridized carbons (Fsp3) is 0.562. The molecule has 0 aliphatic carbocycles. The summed E-state index contributed by atoms with van der Waals surface area (Å²) >= 11 is 0. The smallest absolute Gasteiger partial charge is 0.411 e. The highest BCUT2D eigenvalue weighted by Crippen LogP contribution is 2.46. The Labute approximate surface area is 388 Å². The van der Waals surface area contributed by atoms with Gasteiger partial charge in [0.05, 0.1) is 31.0 Å². The van der Waals surface area contributed by atoms with E-state index in [1.807, 2.05) is 25.3 Å². The summed E-state index contributed by atoms with van der Waals surface area (Å²) in [5.41, 5.74) is 8.21. The molecule has 0 saturated heterocycles. The van der Waals surface area contributed by atoms with Crippen molar-refractivity contribution in [3.05, 3.63) is 71.5 Å². The minimum atomic E-state index is -2.54. The zero-order valence-corrected chi connectivity index (χ0v) is 43.5. The Kier molecular flexibility index (Phi) is 19.1. The van der Waals surface area contributed by atoms with Crippen molar-refractivity contribution in [1.82, 2.24) is 10.2 Å². The molecule has 3 unspecified atom stereocenters. The van der Waals surface area contributed by atoms with Crippen molar-refractivity contribution in [2.45, 2.75) is 156 Å². The van der Waals surface area contributed by atoms with E-state index in [4.69, 9.17) is 28.8 Å². The van der Waals surface area contributed by atoms with Gasteiger partial charge in [0.15, 0.2) is 20.2 Å². The first-order valence-corrected chi connectivity index (χ1v) is 27.5. The van der Waals surface area contributed by atoms with Crippen LogP contribution in [-0.4, -0.2) is 83.3 Å². The van der Waals surface area contributed by atoms with Crippen LogP contribution in [-0.2, 0) is 30.1 Å². The van der Waals surface area contributed by atoms with Gasteiger partial charge >= 0.3 is 12.2 Å². The van der Waals surface area contributed by atoms with Crippen LogP contribution in [0.4, 0.5) is 21.0 Å². The number of benzene rings is 2. The van der Waals surface area contributed by atoms with Crippen molar-refractivity contribution in [1.29, 1.82) is 0 Å². The Bertz CT molecular complexity index is 2040. The highest BCUT2D eigenvalue weighted by molar-refractivity contribution is 6.78. The number of anilines is 2. The molecular weight excluding hydrogens is 863 g/mol. The van der Waals surface area contributed by atoms with E-state index < -0.39 is 52.8 Å². The van der Waals surface area contributed by atoms with Gasteiger partial charge in [0.25, 0.3) is 20.1 Å². The van der Waals surface area contributed by atoms with Gasteiger partial charge in [-0.3, -0.25) is 19.7 Å². The largest absolute Gasteiger partial charge is 0.540 e. The maximum absolute atomic E-state index is 14.9. The summed E-state index contributed by atoms with van der Waals surface area (Å²) in [6.45, 7) is 31.0. The molecule has 0 bridgehead atoms. The predicted octanol–water partition coefficient (Wildman–Crippen LogP) is 10.3. The van der Waals surface area contributed by atoms with Crippen molar-refractivity contribution in [2.24, 2.45) is 11.7 Å². The van der Waals surface area contributed by atoms with Gasteiger partial charge in [-0.2, -0.15) is 0 Å². The van der Waals surface area contributed by atoms with Gasteiger partial charge in [0.2, 0.25) is 5.91 Å². The predicted molar refractivity (Wildman–Crippen MR) is 261 cm³/mol. The van der Waals surface area contributed by atoms with E-state index in [1.54, 1.807) is 62.3 Å². The summed E-state index contributed by atoms with van der Waals surface area (Å²) in [5.74, 6) is -1.08. The van der Waals surface area contributed by atoms with Crippen LogP contribution < -0.4 is 30.8 Å². The Morgan fingerprint density at radius 1 is 0.877 bits per heavy atom. The average Bonchev–Trinajstić information content (AvgIpc) is 3.62. The van der Waals surface area contributed by atoms with Crippen molar-refractivity contribution in [3.8, 4) is 11.5 Å². The van der Waals surface area contributed by atoms with Crippen molar-refractivity contribution in [2.75, 3.05) is 24.4 Å². The number of allylic oxidation sites excluding steroid dienone is 2. The molecule has 0 spiro atoms. The van der Waals surface area contributed by atoms with E-state index in [1.165, 1.54) is 6.92 Å². The summed E-state index contributed by atoms with van der Waals surface area (Å²) in [4.78, 5) is 67.1. The Morgan fingerprint density at radius 3 is 1.98 bits per heavy atom. The van der Waals surface area contributed by atoms with Gasteiger partial charge < -0.3 is 44.3 Å². The third-order valence-electron chi connectivity index (χ3n) is 12.4. The second kappa shape index (κ2) is 22.9. The number of rotatable bonds is 20. The first-order valence-electron chi connectivity index (χ1n) is 22.5. The average molecular weight is 938 g/mol. The number of primary amides is 1. The molecule has 5 amide bonds. The maximum atomic E-state index is 14.9. The molecule has 65 heavy (non-hydrogen) atoms. The lowest BCUT2D eigenvalue weighted by atomic mass is 10.1. The molecule has 2 aromatic carbocycles. The van der Waals surface area contributed by atoms with Crippen LogP contribution in [0, 0.1) is 5.92 Å². The molecular formula is C48H75N5O10Si2. The zero-order chi connectivity index (χ0) is 49.2. The van der Waals surface area contributed by atoms with Gasteiger partial charge in [0.1, 0.15) is 18.4 Å². The second-order valence-corrected chi connectivity index (χ2v) is 29.7. The van der Waals surface area contributed by atoms with E-state index in [0.717, 1.165) is 5.57 Å². The van der Waals surface area contributed by atoms with E-state index in [0.29, 0.717) is 35.8 Å². The molecule has 0 fully saturated rings. The van der Waals surface area contributed by atoms with Crippen LogP contribution in [0.1, 0.15) is 112 Å². The first kappa shape index (κ1) is 54.2. The molecule has 0 radical (unpaired) electrons. The molecule has 1 aliphatic heterocycles. The standard InChI is InChI=1S/C48H75N5O10Si2/c1-17-18-35-23-37(28-61-64(15,16)48(11,12)13)53(26-35)45(56)38-24-40(59-14)41(63-65(30(4)5,31(6)7)32(8)9)25-39(38)52-47(58)60-27-34-19-21-36(22-20-34)51-43(54)33(10)50-44(55)42(29(2)3)62-46(49)57/h17-22,24-26,29-33,37,42H,23,27-28H2,1-16H3,(H2,49,57)(H,50,55)(H,51,54)(H,52,58)/b18-17+. The van der Waals surface area contributed by atoms with Gasteiger partial charge in [-0.15, -0.1) is 0 Å². The third-order valence-corrected chi connectivity index (χ3v) is 22.9. The van der Waals surface area contributed by atoms with Crippen LogP contribution in [0.25, 0.3) is 0 Å². The molecule has 360 valence electrons. The van der Waals surface area contributed by atoms with E-state index in [-0.39, 0.29) is 57.4 Å². The highest BCUT2D eigenvalue weighted by Gasteiger charge is 2.48. The summed E-state index contributed by atoms with van der Waals surface area (Å²) in [6, 6.07) is 8.67. The number of nitrogens with two attached hydrogens (primary N) is 1. The molecule has 0 saturated carbocycles. The molecule has 15 nitrogen and oxygen atoms in total. The van der Waals surface area contributed by atoms with Crippen molar-refractivity contribution in [3.63, 3.8) is 0 Å². The quantitative estimate of drug-likeness (QED) is 0.0927. The molecule has 1 heterocycles. The minimum Gasteiger partial charge on any atom is -0.540 e. The second-order valence-electron chi connectivity index (χ2n) is 19.5. The van der Waals surface area contributed by atoms with Crippen LogP contribution in [0.15, 0.2) is 60.3 Å². The molecule has 2 aromatic rings. The molecule has 0 aromatic heterocycles. The number of methoxy groups -OCH3 is 1. The molecule has 3 rings (SSSR count). The third kappa shape index (κ3) is 13.9. The van der Waals surface area contributed by atoms with Gasteiger partial charge in [-0.25, -0.2) is 9.59 Å². The Hall–Kier alpha value is -5.14. The van der Waals surface area contributed by atoms with Crippen LogP contribution in [0.3, 0.4) is 0 Å². The van der Waals surface area contributed by atoms with Crippen LogP contribution in [0.5, 0.6) is 11.5 Å². The van der Waals surface area contributed by atoms with Gasteiger partial charge in [-0.05, 0) is 90.3 Å². The number of amides is 5.